The molecule has 6 nitrogen and oxygen atoms in total. The van der Waals surface area contributed by atoms with E-state index in [9.17, 15) is 14.3 Å². The molecule has 0 spiro atoms. The van der Waals surface area contributed by atoms with Gasteiger partial charge in [-0.15, -0.1) is 0 Å². The summed E-state index contributed by atoms with van der Waals surface area (Å²) in [5, 5.41) is 11.3. The van der Waals surface area contributed by atoms with Crippen molar-refractivity contribution in [2.75, 3.05) is 20.2 Å². The first-order valence-corrected chi connectivity index (χ1v) is 10.0. The van der Waals surface area contributed by atoms with Crippen molar-refractivity contribution in [2.24, 2.45) is 0 Å². The molecular formula is C23H25FN2O4. The van der Waals surface area contributed by atoms with Crippen molar-refractivity contribution < 1.29 is 23.8 Å². The Morgan fingerprint density at radius 3 is 2.73 bits per heavy atom. The lowest BCUT2D eigenvalue weighted by Gasteiger charge is -2.22. The molecule has 4 rings (SSSR count). The third kappa shape index (κ3) is 3.98. The van der Waals surface area contributed by atoms with Crippen molar-refractivity contribution >= 4 is 16.8 Å². The zero-order valence-corrected chi connectivity index (χ0v) is 17.0. The lowest BCUT2D eigenvalue weighted by molar-refractivity contribution is 0.0349. The number of nitrogens with one attached hydrogen (secondary N) is 1. The van der Waals surface area contributed by atoms with Crippen LogP contribution in [0.5, 0.6) is 11.5 Å². The van der Waals surface area contributed by atoms with E-state index in [4.69, 9.17) is 9.47 Å². The predicted octanol–water partition coefficient (Wildman–Crippen LogP) is 3.67. The summed E-state index contributed by atoms with van der Waals surface area (Å²) in [5.41, 5.74) is 1.91. The third-order valence-electron chi connectivity index (χ3n) is 5.66. The number of halogens is 1. The second-order valence-electron chi connectivity index (χ2n) is 7.59. The number of carbonyl (C=O) groups excluding carboxylic acids is 1. The molecule has 2 atom stereocenters. The lowest BCUT2D eigenvalue weighted by Crippen LogP contribution is -2.33. The van der Waals surface area contributed by atoms with Gasteiger partial charge in [-0.25, -0.2) is 4.39 Å². The van der Waals surface area contributed by atoms with Gasteiger partial charge in [-0.05, 0) is 49.2 Å². The van der Waals surface area contributed by atoms with Crippen LogP contribution in [0.25, 0.3) is 10.9 Å². The number of aliphatic hydroxyl groups is 1. The average molecular weight is 412 g/mol. The highest BCUT2D eigenvalue weighted by atomic mass is 19.1. The molecule has 1 fully saturated rings. The van der Waals surface area contributed by atoms with Crippen LogP contribution in [0.15, 0.2) is 42.5 Å². The summed E-state index contributed by atoms with van der Waals surface area (Å²) in [5.74, 6) is 0.808. The fourth-order valence-corrected chi connectivity index (χ4v) is 3.92. The third-order valence-corrected chi connectivity index (χ3v) is 5.66. The van der Waals surface area contributed by atoms with Gasteiger partial charge >= 0.3 is 0 Å². The number of carbonyl (C=O) groups is 1. The van der Waals surface area contributed by atoms with Crippen molar-refractivity contribution in [3.05, 3.63) is 59.5 Å². The molecule has 1 saturated heterocycles. The normalized spacial score (nSPS) is 19.5. The Bertz CT molecular complexity index is 1060. The zero-order chi connectivity index (χ0) is 21.3. The number of aryl methyl sites for hydroxylation is 1. The Morgan fingerprint density at radius 1 is 1.17 bits per heavy atom. The molecule has 1 amide bonds. The van der Waals surface area contributed by atoms with Crippen molar-refractivity contribution in [2.45, 2.75) is 32.0 Å². The van der Waals surface area contributed by atoms with Gasteiger partial charge in [-0.2, -0.15) is 0 Å². The molecule has 0 unspecified atom stereocenters. The van der Waals surface area contributed by atoms with Crippen LogP contribution in [0.1, 0.15) is 28.9 Å². The molecule has 2 heterocycles. The van der Waals surface area contributed by atoms with Gasteiger partial charge in [0.2, 0.25) is 0 Å². The maximum atomic E-state index is 13.6. The monoisotopic (exact) mass is 412 g/mol. The highest BCUT2D eigenvalue weighted by Crippen LogP contribution is 2.26. The summed E-state index contributed by atoms with van der Waals surface area (Å²) >= 11 is 0. The average Bonchev–Trinajstić information content (AvgIpc) is 2.96. The number of hydrogen-bond acceptors (Lipinski definition) is 4. The van der Waals surface area contributed by atoms with E-state index in [2.05, 4.69) is 4.98 Å². The van der Waals surface area contributed by atoms with Gasteiger partial charge in [-0.3, -0.25) is 4.79 Å². The highest BCUT2D eigenvalue weighted by Gasteiger charge is 2.30. The smallest absolute Gasteiger partial charge is 0.270 e. The molecular weight excluding hydrogens is 387 g/mol. The van der Waals surface area contributed by atoms with E-state index < -0.39 is 12.2 Å². The van der Waals surface area contributed by atoms with Crippen LogP contribution in [-0.4, -0.2) is 53.3 Å². The second-order valence-corrected chi connectivity index (χ2v) is 7.59. The maximum absolute atomic E-state index is 13.6. The van der Waals surface area contributed by atoms with Crippen molar-refractivity contribution in [3.8, 4) is 11.5 Å². The molecule has 1 aromatic heterocycles. The number of aliphatic hydroxyl groups excluding tert-OH is 1. The van der Waals surface area contributed by atoms with Gasteiger partial charge in [0.05, 0.1) is 13.2 Å². The van der Waals surface area contributed by atoms with E-state index in [-0.39, 0.29) is 11.7 Å². The van der Waals surface area contributed by atoms with Crippen LogP contribution >= 0.6 is 0 Å². The van der Waals surface area contributed by atoms with Crippen molar-refractivity contribution in [3.63, 3.8) is 0 Å². The number of benzene rings is 2. The van der Waals surface area contributed by atoms with Crippen LogP contribution in [0.2, 0.25) is 0 Å². The number of amides is 1. The molecule has 0 aliphatic carbocycles. The van der Waals surface area contributed by atoms with E-state index >= 15 is 0 Å². The van der Waals surface area contributed by atoms with Crippen molar-refractivity contribution in [1.29, 1.82) is 0 Å². The molecule has 2 N–H and O–H groups in total. The standard InChI is InChI=1S/C23H25FN2O4/c1-14-18-12-15(24)6-7-19(18)25-22(14)23(28)26-10-8-20(27)21(9-11-26)30-17-5-3-4-16(13-17)29-2/h3-7,12-13,20-21,25,27H,8-11H2,1-2H3/t20-,21-/m0/s1. The van der Waals surface area contributed by atoms with Gasteiger partial charge in [0.25, 0.3) is 5.91 Å². The fraction of sp³-hybridized carbons (Fsp3) is 0.348. The SMILES string of the molecule is COc1cccc(O[C@H]2CCN(C(=O)c3[nH]c4ccc(F)cc4c3C)CC[C@@H]2O)c1. The number of rotatable bonds is 4. The molecule has 30 heavy (non-hydrogen) atoms. The Balaban J connectivity index is 1.49. The Morgan fingerprint density at radius 2 is 1.93 bits per heavy atom. The van der Waals surface area contributed by atoms with Crippen molar-refractivity contribution in [1.82, 2.24) is 9.88 Å². The number of aromatic amines is 1. The van der Waals surface area contributed by atoms with Gasteiger partial charge < -0.3 is 24.5 Å². The summed E-state index contributed by atoms with van der Waals surface area (Å²) in [6, 6.07) is 11.7. The minimum atomic E-state index is -0.688. The largest absolute Gasteiger partial charge is 0.497 e. The number of likely N-dealkylation sites (tertiary alicyclic amines) is 1. The Hall–Kier alpha value is -3.06. The minimum absolute atomic E-state index is 0.154. The summed E-state index contributed by atoms with van der Waals surface area (Å²) in [6.07, 6.45) is -0.202. The molecule has 0 radical (unpaired) electrons. The number of H-pyrrole nitrogens is 1. The Kier molecular flexibility index (Phi) is 5.63. The van der Waals surface area contributed by atoms with E-state index in [1.165, 1.54) is 12.1 Å². The van der Waals surface area contributed by atoms with Gasteiger partial charge in [0.15, 0.2) is 0 Å². The van der Waals surface area contributed by atoms with E-state index in [1.807, 2.05) is 25.1 Å². The first-order valence-electron chi connectivity index (χ1n) is 10.0. The van der Waals surface area contributed by atoms with Crippen LogP contribution in [0.3, 0.4) is 0 Å². The van der Waals surface area contributed by atoms with Crippen LogP contribution < -0.4 is 9.47 Å². The van der Waals surface area contributed by atoms with Gasteiger partial charge in [-0.1, -0.05) is 6.07 Å². The lowest BCUT2D eigenvalue weighted by atomic mass is 10.1. The topological polar surface area (TPSA) is 74.8 Å². The molecule has 1 aliphatic rings. The molecule has 0 saturated carbocycles. The van der Waals surface area contributed by atoms with Crippen LogP contribution in [-0.2, 0) is 0 Å². The molecule has 7 heteroatoms. The maximum Gasteiger partial charge on any atom is 0.270 e. The van der Waals surface area contributed by atoms with E-state index in [1.54, 1.807) is 24.1 Å². The van der Waals surface area contributed by atoms with Gasteiger partial charge in [0, 0.05) is 36.5 Å². The molecule has 2 aromatic carbocycles. The summed E-state index contributed by atoms with van der Waals surface area (Å²) in [7, 11) is 1.59. The molecule has 3 aromatic rings. The number of fused-ring (bicyclic) bond motifs is 1. The fourth-order valence-electron chi connectivity index (χ4n) is 3.92. The number of ether oxygens (including phenoxy) is 2. The Labute approximate surface area is 174 Å². The van der Waals surface area contributed by atoms with E-state index in [0.717, 1.165) is 11.1 Å². The van der Waals surface area contributed by atoms with E-state index in [0.29, 0.717) is 48.5 Å². The zero-order valence-electron chi connectivity index (χ0n) is 17.0. The second kappa shape index (κ2) is 8.36. The van der Waals surface area contributed by atoms with Crippen LogP contribution in [0, 0.1) is 12.7 Å². The number of aromatic nitrogens is 1. The predicted molar refractivity (Wildman–Crippen MR) is 112 cm³/mol. The van der Waals surface area contributed by atoms with Crippen LogP contribution in [0.4, 0.5) is 4.39 Å². The highest BCUT2D eigenvalue weighted by molar-refractivity contribution is 6.00. The number of hydrogen-bond donors (Lipinski definition) is 2. The molecule has 158 valence electrons. The molecule has 0 bridgehead atoms. The molecule has 1 aliphatic heterocycles. The first kappa shape index (κ1) is 20.2. The summed E-state index contributed by atoms with van der Waals surface area (Å²) in [4.78, 5) is 18.0. The van der Waals surface area contributed by atoms with Gasteiger partial charge in [0.1, 0.15) is 29.1 Å². The first-order chi connectivity index (χ1) is 14.5. The quantitative estimate of drug-likeness (QED) is 0.686. The summed E-state index contributed by atoms with van der Waals surface area (Å²) < 4.78 is 24.8. The summed E-state index contributed by atoms with van der Waals surface area (Å²) in [6.45, 7) is 2.68. The number of methoxy groups -OCH3 is 1. The number of nitrogens with zero attached hydrogens (tertiary/aromatic N) is 1. The minimum Gasteiger partial charge on any atom is -0.497 e.